The van der Waals surface area contributed by atoms with E-state index in [1.54, 1.807) is 0 Å². The first-order valence-electron chi connectivity index (χ1n) is 4.88. The highest BCUT2D eigenvalue weighted by atomic mass is 19.1. The van der Waals surface area contributed by atoms with Gasteiger partial charge in [-0.1, -0.05) is 0 Å². The van der Waals surface area contributed by atoms with Gasteiger partial charge in [0, 0.05) is 0 Å². The first-order valence-corrected chi connectivity index (χ1v) is 4.88. The Morgan fingerprint density at radius 1 is 1.47 bits per heavy atom. The van der Waals surface area contributed by atoms with Crippen LogP contribution in [0.4, 0.5) is 4.39 Å². The number of carboxylic acid groups (broad SMARTS) is 1. The number of ether oxygens (including phenoxy) is 2. The lowest BCUT2D eigenvalue weighted by atomic mass is 10.1. The van der Waals surface area contributed by atoms with Crippen LogP contribution in [0.5, 0.6) is 11.5 Å². The van der Waals surface area contributed by atoms with Crippen LogP contribution < -0.4 is 15.2 Å². The summed E-state index contributed by atoms with van der Waals surface area (Å²) in [5.74, 6) is -1.56. The molecule has 0 aromatic heterocycles. The molecule has 1 atom stereocenters. The normalized spacial score (nSPS) is 12.0. The van der Waals surface area contributed by atoms with Crippen molar-refractivity contribution >= 4 is 5.97 Å². The van der Waals surface area contributed by atoms with Crippen LogP contribution in [-0.2, 0) is 11.2 Å². The number of methoxy groups -OCH3 is 2. The van der Waals surface area contributed by atoms with Gasteiger partial charge in [-0.3, -0.25) is 4.79 Å². The molecule has 0 saturated heterocycles. The summed E-state index contributed by atoms with van der Waals surface area (Å²) in [5, 5.41) is 8.67. The van der Waals surface area contributed by atoms with E-state index in [1.165, 1.54) is 26.4 Å². The predicted molar refractivity (Wildman–Crippen MR) is 58.8 cm³/mol. The van der Waals surface area contributed by atoms with E-state index in [2.05, 4.69) is 0 Å². The number of rotatable bonds is 5. The van der Waals surface area contributed by atoms with Gasteiger partial charge in [-0.15, -0.1) is 0 Å². The Balaban J connectivity index is 3.03. The second-order valence-electron chi connectivity index (χ2n) is 3.46. The van der Waals surface area contributed by atoms with Gasteiger partial charge in [-0.2, -0.15) is 0 Å². The average Bonchev–Trinajstić information content (AvgIpc) is 2.27. The van der Waals surface area contributed by atoms with Crippen LogP contribution in [-0.4, -0.2) is 31.3 Å². The molecule has 0 fully saturated rings. The van der Waals surface area contributed by atoms with Crippen molar-refractivity contribution in [1.29, 1.82) is 0 Å². The standard InChI is InChI=1S/C11H14FNO4/c1-16-9-5-6(4-8(13)11(14)15)3-7(12)10(9)17-2/h3,5,8H,4,13H2,1-2H3,(H,14,15). The summed E-state index contributed by atoms with van der Waals surface area (Å²) in [5.41, 5.74) is 5.81. The maximum absolute atomic E-state index is 13.6. The van der Waals surface area contributed by atoms with Crippen LogP contribution in [0, 0.1) is 5.82 Å². The minimum absolute atomic E-state index is 0.0138. The molecular weight excluding hydrogens is 229 g/mol. The number of carbonyl (C=O) groups is 1. The minimum Gasteiger partial charge on any atom is -0.493 e. The second-order valence-corrected chi connectivity index (χ2v) is 3.46. The van der Waals surface area contributed by atoms with Crippen LogP contribution in [0.3, 0.4) is 0 Å². The van der Waals surface area contributed by atoms with E-state index >= 15 is 0 Å². The highest BCUT2D eigenvalue weighted by Gasteiger charge is 2.16. The van der Waals surface area contributed by atoms with Crippen molar-refractivity contribution in [3.63, 3.8) is 0 Å². The molecule has 0 aliphatic carbocycles. The highest BCUT2D eigenvalue weighted by Crippen LogP contribution is 2.31. The quantitative estimate of drug-likeness (QED) is 0.799. The largest absolute Gasteiger partial charge is 0.493 e. The van der Waals surface area contributed by atoms with E-state index in [0.717, 1.165) is 0 Å². The summed E-state index contributed by atoms with van der Waals surface area (Å²) in [7, 11) is 2.70. The van der Waals surface area contributed by atoms with Gasteiger partial charge in [0.05, 0.1) is 14.2 Å². The first-order chi connectivity index (χ1) is 7.99. The Labute approximate surface area is 97.9 Å². The number of benzene rings is 1. The lowest BCUT2D eigenvalue weighted by Gasteiger charge is -2.12. The number of nitrogens with two attached hydrogens (primary N) is 1. The second kappa shape index (κ2) is 5.49. The SMILES string of the molecule is COc1cc(CC(N)C(=O)O)cc(F)c1OC. The summed E-state index contributed by atoms with van der Waals surface area (Å²) in [4.78, 5) is 10.6. The van der Waals surface area contributed by atoms with Crippen molar-refractivity contribution in [3.8, 4) is 11.5 Å². The molecule has 17 heavy (non-hydrogen) atoms. The lowest BCUT2D eigenvalue weighted by Crippen LogP contribution is -2.32. The molecule has 0 heterocycles. The van der Waals surface area contributed by atoms with Crippen LogP contribution in [0.15, 0.2) is 12.1 Å². The molecule has 1 rings (SSSR count). The first kappa shape index (κ1) is 13.2. The Kier molecular flexibility index (Phi) is 4.28. The fraction of sp³-hybridized carbons (Fsp3) is 0.364. The molecular formula is C11H14FNO4. The van der Waals surface area contributed by atoms with Crippen LogP contribution in [0.25, 0.3) is 0 Å². The number of halogens is 1. The smallest absolute Gasteiger partial charge is 0.320 e. The van der Waals surface area contributed by atoms with Crippen LogP contribution >= 0.6 is 0 Å². The summed E-state index contributed by atoms with van der Waals surface area (Å²) in [6.45, 7) is 0. The molecule has 0 bridgehead atoms. The zero-order valence-corrected chi connectivity index (χ0v) is 9.57. The lowest BCUT2D eigenvalue weighted by molar-refractivity contribution is -0.138. The summed E-state index contributed by atoms with van der Waals surface area (Å²) in [6, 6.07) is 1.61. The minimum atomic E-state index is -1.14. The Hall–Kier alpha value is -1.82. The Morgan fingerprint density at radius 2 is 2.12 bits per heavy atom. The van der Waals surface area contributed by atoms with Gasteiger partial charge >= 0.3 is 5.97 Å². The average molecular weight is 243 g/mol. The maximum atomic E-state index is 13.6. The van der Waals surface area contributed by atoms with E-state index in [0.29, 0.717) is 5.56 Å². The molecule has 0 saturated carbocycles. The van der Waals surface area contributed by atoms with Gasteiger partial charge in [-0.05, 0) is 24.1 Å². The van der Waals surface area contributed by atoms with Crippen LogP contribution in [0.1, 0.15) is 5.56 Å². The molecule has 1 aromatic carbocycles. The fourth-order valence-corrected chi connectivity index (χ4v) is 1.43. The Morgan fingerprint density at radius 3 is 2.59 bits per heavy atom. The summed E-state index contributed by atoms with van der Waals surface area (Å²) in [6.07, 6.45) is 0.0204. The van der Waals surface area contributed by atoms with Crippen molar-refractivity contribution in [1.82, 2.24) is 0 Å². The monoisotopic (exact) mass is 243 g/mol. The third kappa shape index (κ3) is 3.07. The molecule has 0 spiro atoms. The van der Waals surface area contributed by atoms with E-state index < -0.39 is 17.8 Å². The summed E-state index contributed by atoms with van der Waals surface area (Å²) < 4.78 is 23.3. The zero-order valence-electron chi connectivity index (χ0n) is 9.57. The third-order valence-corrected chi connectivity index (χ3v) is 2.27. The van der Waals surface area contributed by atoms with Gasteiger partial charge < -0.3 is 20.3 Å². The van der Waals surface area contributed by atoms with Gasteiger partial charge in [0.1, 0.15) is 6.04 Å². The number of carboxylic acids is 1. The van der Waals surface area contributed by atoms with Crippen molar-refractivity contribution in [2.45, 2.75) is 12.5 Å². The van der Waals surface area contributed by atoms with Gasteiger partial charge in [0.2, 0.25) is 0 Å². The molecule has 0 amide bonds. The number of hydrogen-bond donors (Lipinski definition) is 2. The van der Waals surface area contributed by atoms with E-state index in [1.807, 2.05) is 0 Å². The predicted octanol–water partition coefficient (Wildman–Crippen LogP) is 0.797. The van der Waals surface area contributed by atoms with Gasteiger partial charge in [0.25, 0.3) is 0 Å². The van der Waals surface area contributed by atoms with E-state index in [-0.39, 0.29) is 17.9 Å². The molecule has 0 aliphatic heterocycles. The van der Waals surface area contributed by atoms with Crippen molar-refractivity contribution in [3.05, 3.63) is 23.5 Å². The molecule has 3 N–H and O–H groups in total. The van der Waals surface area contributed by atoms with E-state index in [4.69, 9.17) is 20.3 Å². The van der Waals surface area contributed by atoms with Gasteiger partial charge in [0.15, 0.2) is 17.3 Å². The van der Waals surface area contributed by atoms with Crippen molar-refractivity contribution in [2.75, 3.05) is 14.2 Å². The number of aliphatic carboxylic acids is 1. The third-order valence-electron chi connectivity index (χ3n) is 2.27. The van der Waals surface area contributed by atoms with E-state index in [9.17, 15) is 9.18 Å². The highest BCUT2D eigenvalue weighted by molar-refractivity contribution is 5.73. The molecule has 1 aromatic rings. The zero-order chi connectivity index (χ0) is 13.0. The number of hydrogen-bond acceptors (Lipinski definition) is 4. The maximum Gasteiger partial charge on any atom is 0.320 e. The molecule has 0 radical (unpaired) electrons. The topological polar surface area (TPSA) is 81.8 Å². The molecule has 1 unspecified atom stereocenters. The molecule has 94 valence electrons. The Bertz CT molecular complexity index is 422. The van der Waals surface area contributed by atoms with Gasteiger partial charge in [-0.25, -0.2) is 4.39 Å². The van der Waals surface area contributed by atoms with Crippen molar-refractivity contribution in [2.24, 2.45) is 5.73 Å². The molecule has 0 aliphatic rings. The summed E-state index contributed by atoms with van der Waals surface area (Å²) >= 11 is 0. The van der Waals surface area contributed by atoms with Crippen LogP contribution in [0.2, 0.25) is 0 Å². The van der Waals surface area contributed by atoms with Crippen molar-refractivity contribution < 1.29 is 23.8 Å². The molecule has 6 heteroatoms. The molecule has 5 nitrogen and oxygen atoms in total. The fourth-order valence-electron chi connectivity index (χ4n) is 1.43.